The molecule has 1 N–H and O–H groups in total. The Morgan fingerprint density at radius 1 is 1.07 bits per heavy atom. The predicted molar refractivity (Wildman–Crippen MR) is 106 cm³/mol. The van der Waals surface area contributed by atoms with Crippen molar-refractivity contribution in [1.82, 2.24) is 4.90 Å². The van der Waals surface area contributed by atoms with Gasteiger partial charge in [-0.1, -0.05) is 42.5 Å². The Bertz CT molecular complexity index is 940. The second kappa shape index (κ2) is 8.35. The molecule has 0 aromatic heterocycles. The Labute approximate surface area is 160 Å². The van der Waals surface area contributed by atoms with Crippen LogP contribution in [-0.4, -0.2) is 31.6 Å². The number of rotatable bonds is 7. The van der Waals surface area contributed by atoms with Crippen LogP contribution in [0, 0.1) is 0 Å². The van der Waals surface area contributed by atoms with Crippen molar-refractivity contribution in [2.45, 2.75) is 37.6 Å². The van der Waals surface area contributed by atoms with E-state index in [9.17, 15) is 13.2 Å². The summed E-state index contributed by atoms with van der Waals surface area (Å²) in [5, 5.41) is 3.06. The molecule has 0 fully saturated rings. The number of carbonyl (C=O) groups excluding carboxylic acids is 1. The average Bonchev–Trinajstić information content (AvgIpc) is 2.66. The molecule has 7 heteroatoms. The van der Waals surface area contributed by atoms with Crippen molar-refractivity contribution < 1.29 is 13.2 Å². The van der Waals surface area contributed by atoms with Crippen molar-refractivity contribution in [3.63, 3.8) is 0 Å². The zero-order valence-electron chi connectivity index (χ0n) is 15.3. The lowest BCUT2D eigenvalue weighted by atomic mass is 10.1. The first-order valence-corrected chi connectivity index (χ1v) is 10.4. The summed E-state index contributed by atoms with van der Waals surface area (Å²) < 4.78 is 28.3. The SMILES string of the molecule is CCN(Cc1ccccc1)C(=O)CCCC1=NS(=O)(=O)c2ccccc2N1. The molecule has 1 aliphatic rings. The molecule has 0 spiro atoms. The molecule has 0 radical (unpaired) electrons. The second-order valence-electron chi connectivity index (χ2n) is 6.38. The van der Waals surface area contributed by atoms with Crippen LogP contribution >= 0.6 is 0 Å². The smallest absolute Gasteiger partial charge is 0.286 e. The van der Waals surface area contributed by atoms with Gasteiger partial charge >= 0.3 is 0 Å². The minimum Gasteiger partial charge on any atom is -0.342 e. The minimum absolute atomic E-state index is 0.0565. The van der Waals surface area contributed by atoms with Crippen molar-refractivity contribution >= 4 is 27.5 Å². The number of amidine groups is 1. The van der Waals surface area contributed by atoms with E-state index in [0.717, 1.165) is 5.56 Å². The summed E-state index contributed by atoms with van der Waals surface area (Å²) in [5.74, 6) is 0.439. The van der Waals surface area contributed by atoms with Gasteiger partial charge in [-0.25, -0.2) is 0 Å². The lowest BCUT2D eigenvalue weighted by Crippen LogP contribution is -2.30. The van der Waals surface area contributed by atoms with Gasteiger partial charge in [0.2, 0.25) is 5.91 Å². The van der Waals surface area contributed by atoms with E-state index in [1.54, 1.807) is 23.1 Å². The number of carbonyl (C=O) groups is 1. The highest BCUT2D eigenvalue weighted by molar-refractivity contribution is 7.90. The summed E-state index contributed by atoms with van der Waals surface area (Å²) in [4.78, 5) is 14.5. The number of fused-ring (bicyclic) bond motifs is 1. The maximum absolute atomic E-state index is 12.5. The van der Waals surface area contributed by atoms with Gasteiger partial charge in [-0.2, -0.15) is 8.42 Å². The minimum atomic E-state index is -3.67. The number of hydrogen-bond acceptors (Lipinski definition) is 4. The monoisotopic (exact) mass is 385 g/mol. The van der Waals surface area contributed by atoms with Gasteiger partial charge in [0.1, 0.15) is 10.7 Å². The fraction of sp³-hybridized carbons (Fsp3) is 0.300. The van der Waals surface area contributed by atoms with E-state index in [-0.39, 0.29) is 10.8 Å². The highest BCUT2D eigenvalue weighted by Gasteiger charge is 2.24. The average molecular weight is 385 g/mol. The van der Waals surface area contributed by atoms with Crippen LogP contribution in [0.3, 0.4) is 0 Å². The molecule has 1 amide bonds. The first-order valence-electron chi connectivity index (χ1n) is 9.01. The maximum Gasteiger partial charge on any atom is 0.286 e. The summed E-state index contributed by atoms with van der Waals surface area (Å²) in [6.07, 6.45) is 1.29. The maximum atomic E-state index is 12.5. The molecular weight excluding hydrogens is 362 g/mol. The van der Waals surface area contributed by atoms with E-state index < -0.39 is 10.0 Å². The standard InChI is InChI=1S/C20H23N3O3S/c1-2-23(15-16-9-4-3-5-10-16)20(24)14-8-13-19-21-17-11-6-7-12-18(17)27(25,26)22-19/h3-7,9-12H,2,8,13-15H2,1H3,(H,21,22). The second-order valence-corrected chi connectivity index (χ2v) is 7.95. The van der Waals surface area contributed by atoms with Gasteiger partial charge in [0.25, 0.3) is 10.0 Å². The molecule has 0 aliphatic carbocycles. The zero-order valence-corrected chi connectivity index (χ0v) is 16.1. The van der Waals surface area contributed by atoms with Gasteiger partial charge in [0.15, 0.2) is 0 Å². The Balaban J connectivity index is 1.56. The van der Waals surface area contributed by atoms with E-state index in [1.165, 1.54) is 6.07 Å². The third-order valence-corrected chi connectivity index (χ3v) is 5.80. The van der Waals surface area contributed by atoms with Gasteiger partial charge in [-0.15, -0.1) is 4.40 Å². The third-order valence-electron chi connectivity index (χ3n) is 4.43. The Kier molecular flexibility index (Phi) is 5.91. The molecular formula is C20H23N3O3S. The topological polar surface area (TPSA) is 78.8 Å². The van der Waals surface area contributed by atoms with Crippen LogP contribution in [0.25, 0.3) is 0 Å². The van der Waals surface area contributed by atoms with Crippen LogP contribution in [0.4, 0.5) is 5.69 Å². The normalized spacial score (nSPS) is 14.6. The van der Waals surface area contributed by atoms with Crippen LogP contribution < -0.4 is 5.32 Å². The van der Waals surface area contributed by atoms with Gasteiger partial charge in [-0.3, -0.25) is 4.79 Å². The van der Waals surface area contributed by atoms with Crippen molar-refractivity contribution in [3.05, 3.63) is 60.2 Å². The number of anilines is 1. The van der Waals surface area contributed by atoms with Crippen LogP contribution in [0.1, 0.15) is 31.7 Å². The van der Waals surface area contributed by atoms with Crippen molar-refractivity contribution in [3.8, 4) is 0 Å². The Hall–Kier alpha value is -2.67. The van der Waals surface area contributed by atoms with Gasteiger partial charge in [0.05, 0.1) is 5.69 Å². The summed E-state index contributed by atoms with van der Waals surface area (Å²) in [7, 11) is -3.67. The predicted octanol–water partition coefficient (Wildman–Crippen LogP) is 3.42. The van der Waals surface area contributed by atoms with Gasteiger partial charge in [0, 0.05) is 25.9 Å². The number of para-hydroxylation sites is 1. The molecule has 142 valence electrons. The van der Waals surface area contributed by atoms with Crippen molar-refractivity contribution in [2.75, 3.05) is 11.9 Å². The van der Waals surface area contributed by atoms with Gasteiger partial charge in [-0.05, 0) is 31.0 Å². The van der Waals surface area contributed by atoms with Crippen LogP contribution in [-0.2, 0) is 21.4 Å². The van der Waals surface area contributed by atoms with Crippen LogP contribution in [0.5, 0.6) is 0 Å². The summed E-state index contributed by atoms with van der Waals surface area (Å²) in [6, 6.07) is 16.6. The van der Waals surface area contributed by atoms with E-state index in [4.69, 9.17) is 0 Å². The quantitative estimate of drug-likeness (QED) is 0.792. The number of amides is 1. The summed E-state index contributed by atoms with van der Waals surface area (Å²) in [6.45, 7) is 3.17. The lowest BCUT2D eigenvalue weighted by molar-refractivity contribution is -0.131. The molecule has 3 rings (SSSR count). The molecule has 2 aromatic rings. The van der Waals surface area contributed by atoms with Crippen LogP contribution in [0.15, 0.2) is 63.9 Å². The Morgan fingerprint density at radius 2 is 1.78 bits per heavy atom. The summed E-state index contributed by atoms with van der Waals surface area (Å²) >= 11 is 0. The number of hydrogen-bond donors (Lipinski definition) is 1. The molecule has 0 saturated heterocycles. The van der Waals surface area contributed by atoms with Crippen LogP contribution in [0.2, 0.25) is 0 Å². The van der Waals surface area contributed by atoms with E-state index in [2.05, 4.69) is 9.71 Å². The van der Waals surface area contributed by atoms with E-state index in [1.807, 2.05) is 37.3 Å². The number of nitrogens with one attached hydrogen (secondary N) is 1. The highest BCUT2D eigenvalue weighted by atomic mass is 32.2. The molecule has 0 saturated carbocycles. The third kappa shape index (κ3) is 4.74. The highest BCUT2D eigenvalue weighted by Crippen LogP contribution is 2.27. The Morgan fingerprint density at radius 3 is 2.52 bits per heavy atom. The fourth-order valence-corrected chi connectivity index (χ4v) is 4.19. The zero-order chi connectivity index (χ0) is 19.3. The summed E-state index contributed by atoms with van der Waals surface area (Å²) in [5.41, 5.74) is 1.63. The molecule has 6 nitrogen and oxygen atoms in total. The molecule has 2 aromatic carbocycles. The number of sulfonamides is 1. The molecule has 0 atom stereocenters. The molecule has 27 heavy (non-hydrogen) atoms. The van der Waals surface area contributed by atoms with E-state index >= 15 is 0 Å². The molecule has 1 aliphatic heterocycles. The fourth-order valence-electron chi connectivity index (χ4n) is 3.02. The largest absolute Gasteiger partial charge is 0.342 e. The molecule has 1 heterocycles. The van der Waals surface area contributed by atoms with Gasteiger partial charge < -0.3 is 10.2 Å². The van der Waals surface area contributed by atoms with Crippen molar-refractivity contribution in [2.24, 2.45) is 4.40 Å². The number of nitrogens with zero attached hydrogens (tertiary/aromatic N) is 2. The molecule has 0 unspecified atom stereocenters. The number of benzene rings is 2. The first kappa shape index (κ1) is 19.1. The molecule has 0 bridgehead atoms. The first-order chi connectivity index (χ1) is 13.0. The van der Waals surface area contributed by atoms with E-state index in [0.29, 0.717) is 43.9 Å². The van der Waals surface area contributed by atoms with Crippen molar-refractivity contribution in [1.29, 1.82) is 0 Å². The lowest BCUT2D eigenvalue weighted by Gasteiger charge is -2.21.